The Morgan fingerprint density at radius 2 is 1.74 bits per heavy atom. The summed E-state index contributed by atoms with van der Waals surface area (Å²) in [6.45, 7) is -0.0930. The lowest BCUT2D eigenvalue weighted by Crippen LogP contribution is -2.20. The number of anilines is 3. The average Bonchev–Trinajstić information content (AvgIpc) is 3.35. The molecular formula is C22H20N6O3. The van der Waals surface area contributed by atoms with Crippen molar-refractivity contribution >= 4 is 23.1 Å². The van der Waals surface area contributed by atoms with E-state index in [1.54, 1.807) is 60.6 Å². The fourth-order valence-corrected chi connectivity index (χ4v) is 2.75. The Morgan fingerprint density at radius 3 is 2.45 bits per heavy atom. The van der Waals surface area contributed by atoms with Crippen LogP contribution in [0.3, 0.4) is 0 Å². The summed E-state index contributed by atoms with van der Waals surface area (Å²) in [4.78, 5) is 24.6. The molecule has 2 aromatic carbocycles. The normalized spacial score (nSPS) is 10.4. The van der Waals surface area contributed by atoms with Gasteiger partial charge >= 0.3 is 0 Å². The number of carbonyl (C=O) groups excluding carboxylic acids is 1. The molecule has 0 saturated heterocycles. The van der Waals surface area contributed by atoms with Gasteiger partial charge in [-0.3, -0.25) is 9.36 Å². The summed E-state index contributed by atoms with van der Waals surface area (Å²) in [5.41, 5.74) is 1.48. The van der Waals surface area contributed by atoms with Gasteiger partial charge in [-0.15, -0.1) is 0 Å². The van der Waals surface area contributed by atoms with Crippen LogP contribution in [-0.4, -0.2) is 39.1 Å². The maximum absolute atomic E-state index is 12.1. The first-order chi connectivity index (χ1) is 15.2. The summed E-state index contributed by atoms with van der Waals surface area (Å²) in [5, 5.41) is 6.01. The molecule has 2 N–H and O–H groups in total. The van der Waals surface area contributed by atoms with Crippen molar-refractivity contribution in [3.63, 3.8) is 0 Å². The molecule has 0 spiro atoms. The van der Waals surface area contributed by atoms with E-state index in [2.05, 4.69) is 25.6 Å². The van der Waals surface area contributed by atoms with Gasteiger partial charge in [0.1, 0.15) is 35.8 Å². The van der Waals surface area contributed by atoms with E-state index in [1.165, 1.54) is 6.33 Å². The first kappa shape index (κ1) is 19.9. The van der Waals surface area contributed by atoms with Crippen molar-refractivity contribution in [2.24, 2.45) is 0 Å². The van der Waals surface area contributed by atoms with Crippen LogP contribution in [0, 0.1) is 0 Å². The molecule has 0 radical (unpaired) electrons. The van der Waals surface area contributed by atoms with Gasteiger partial charge in [0.05, 0.1) is 7.11 Å². The molecular weight excluding hydrogens is 396 g/mol. The zero-order valence-electron chi connectivity index (χ0n) is 16.7. The molecule has 0 atom stereocenters. The van der Waals surface area contributed by atoms with Crippen LogP contribution in [0.4, 0.5) is 17.2 Å². The summed E-state index contributed by atoms with van der Waals surface area (Å²) < 4.78 is 12.4. The van der Waals surface area contributed by atoms with E-state index in [9.17, 15) is 4.79 Å². The number of carbonyl (C=O) groups is 1. The summed E-state index contributed by atoms with van der Waals surface area (Å²) in [6, 6.07) is 16.1. The lowest BCUT2D eigenvalue weighted by atomic mass is 10.2. The summed E-state index contributed by atoms with van der Waals surface area (Å²) in [7, 11) is 1.59. The first-order valence-corrected chi connectivity index (χ1v) is 9.44. The van der Waals surface area contributed by atoms with Gasteiger partial charge < -0.3 is 20.1 Å². The van der Waals surface area contributed by atoms with Crippen molar-refractivity contribution < 1.29 is 14.3 Å². The highest BCUT2D eigenvalue weighted by molar-refractivity contribution is 5.92. The smallest absolute Gasteiger partial charge is 0.262 e. The Labute approximate surface area is 178 Å². The summed E-state index contributed by atoms with van der Waals surface area (Å²) >= 11 is 0. The van der Waals surface area contributed by atoms with Gasteiger partial charge in [0.2, 0.25) is 0 Å². The van der Waals surface area contributed by atoms with Crippen LogP contribution in [0.1, 0.15) is 0 Å². The van der Waals surface area contributed by atoms with Crippen LogP contribution in [0.5, 0.6) is 11.5 Å². The van der Waals surface area contributed by atoms with Gasteiger partial charge in [-0.25, -0.2) is 15.0 Å². The molecule has 0 fully saturated rings. The van der Waals surface area contributed by atoms with Crippen molar-refractivity contribution in [1.29, 1.82) is 0 Å². The Kier molecular flexibility index (Phi) is 6.03. The maximum atomic E-state index is 12.1. The number of nitrogens with one attached hydrogen (secondary N) is 2. The third-order valence-corrected chi connectivity index (χ3v) is 4.29. The van der Waals surface area contributed by atoms with Gasteiger partial charge in [0.25, 0.3) is 5.91 Å². The maximum Gasteiger partial charge on any atom is 0.262 e. The molecule has 0 aliphatic carbocycles. The van der Waals surface area contributed by atoms with E-state index >= 15 is 0 Å². The zero-order chi connectivity index (χ0) is 21.5. The topological polar surface area (TPSA) is 103 Å². The van der Waals surface area contributed by atoms with Gasteiger partial charge in [-0.05, 0) is 48.5 Å². The lowest BCUT2D eigenvalue weighted by Gasteiger charge is -2.10. The Balaban J connectivity index is 1.30. The van der Waals surface area contributed by atoms with Crippen molar-refractivity contribution in [3.05, 3.63) is 79.6 Å². The molecule has 156 valence electrons. The first-order valence-electron chi connectivity index (χ1n) is 9.44. The third kappa shape index (κ3) is 5.36. The number of hydrogen-bond acceptors (Lipinski definition) is 7. The molecule has 4 rings (SSSR count). The van der Waals surface area contributed by atoms with E-state index in [4.69, 9.17) is 9.47 Å². The van der Waals surface area contributed by atoms with Crippen LogP contribution in [0.15, 0.2) is 79.6 Å². The van der Waals surface area contributed by atoms with Crippen molar-refractivity contribution in [3.8, 4) is 17.3 Å². The predicted octanol–water partition coefficient (Wildman–Crippen LogP) is 3.43. The number of rotatable bonds is 8. The molecule has 2 heterocycles. The van der Waals surface area contributed by atoms with E-state index in [0.717, 1.165) is 11.4 Å². The van der Waals surface area contributed by atoms with Gasteiger partial charge in [-0.1, -0.05) is 0 Å². The predicted molar refractivity (Wildman–Crippen MR) is 116 cm³/mol. The van der Waals surface area contributed by atoms with E-state index < -0.39 is 0 Å². The van der Waals surface area contributed by atoms with Gasteiger partial charge in [0, 0.05) is 29.8 Å². The molecule has 2 aromatic heterocycles. The molecule has 0 unspecified atom stereocenters. The number of ether oxygens (including phenoxy) is 2. The second kappa shape index (κ2) is 9.40. The SMILES string of the molecule is COc1ccc(OCC(=O)Nc2ccc(Nc3cc(-n4ccnc4)ncn3)cc2)cc1. The second-order valence-corrected chi connectivity index (χ2v) is 6.45. The molecule has 0 aliphatic heterocycles. The Bertz CT molecular complexity index is 1130. The second-order valence-electron chi connectivity index (χ2n) is 6.45. The Morgan fingerprint density at radius 1 is 1.00 bits per heavy atom. The molecule has 0 bridgehead atoms. The van der Waals surface area contributed by atoms with Crippen molar-refractivity contribution in [1.82, 2.24) is 19.5 Å². The molecule has 9 heteroatoms. The van der Waals surface area contributed by atoms with E-state index in [0.29, 0.717) is 23.1 Å². The number of amides is 1. The fraction of sp³-hybridized carbons (Fsp3) is 0.0909. The number of methoxy groups -OCH3 is 1. The number of nitrogens with zero attached hydrogens (tertiary/aromatic N) is 4. The monoisotopic (exact) mass is 416 g/mol. The number of imidazole rings is 1. The lowest BCUT2D eigenvalue weighted by molar-refractivity contribution is -0.118. The molecule has 0 aliphatic rings. The van der Waals surface area contributed by atoms with Crippen LogP contribution >= 0.6 is 0 Å². The number of aromatic nitrogens is 4. The van der Waals surface area contributed by atoms with Crippen molar-refractivity contribution in [2.75, 3.05) is 24.4 Å². The van der Waals surface area contributed by atoms with Gasteiger partial charge in [0.15, 0.2) is 6.61 Å². The van der Waals surface area contributed by atoms with Crippen LogP contribution in [0.2, 0.25) is 0 Å². The molecule has 4 aromatic rings. The van der Waals surface area contributed by atoms with Crippen LogP contribution in [0.25, 0.3) is 5.82 Å². The largest absolute Gasteiger partial charge is 0.497 e. The summed E-state index contributed by atoms with van der Waals surface area (Å²) in [5.74, 6) is 2.41. The van der Waals surface area contributed by atoms with Crippen LogP contribution in [-0.2, 0) is 4.79 Å². The summed E-state index contributed by atoms with van der Waals surface area (Å²) in [6.07, 6.45) is 6.64. The fourth-order valence-electron chi connectivity index (χ4n) is 2.75. The molecule has 1 amide bonds. The molecule has 31 heavy (non-hydrogen) atoms. The third-order valence-electron chi connectivity index (χ3n) is 4.29. The number of hydrogen-bond donors (Lipinski definition) is 2. The highest BCUT2D eigenvalue weighted by atomic mass is 16.5. The average molecular weight is 416 g/mol. The van der Waals surface area contributed by atoms with E-state index in [-0.39, 0.29) is 12.5 Å². The minimum atomic E-state index is -0.252. The van der Waals surface area contributed by atoms with Crippen LogP contribution < -0.4 is 20.1 Å². The highest BCUT2D eigenvalue weighted by Gasteiger charge is 2.05. The van der Waals surface area contributed by atoms with Crippen molar-refractivity contribution in [2.45, 2.75) is 0 Å². The van der Waals surface area contributed by atoms with E-state index in [1.807, 2.05) is 24.4 Å². The minimum absolute atomic E-state index is 0.0930. The standard InChI is InChI=1S/C22H20N6O3/c1-30-18-6-8-19(9-7-18)31-13-22(29)27-17-4-2-16(3-5-17)26-20-12-21(25-14-24-20)28-11-10-23-15-28/h2-12,14-15H,13H2,1H3,(H,27,29)(H,24,25,26). The minimum Gasteiger partial charge on any atom is -0.497 e. The van der Waals surface area contributed by atoms with Gasteiger partial charge in [-0.2, -0.15) is 0 Å². The highest BCUT2D eigenvalue weighted by Crippen LogP contribution is 2.19. The Hall–Kier alpha value is -4.40. The molecule has 0 saturated carbocycles. The quantitative estimate of drug-likeness (QED) is 0.454. The number of benzene rings is 2. The molecule has 9 nitrogen and oxygen atoms in total. The zero-order valence-corrected chi connectivity index (χ0v) is 16.7.